The number of benzene rings is 3. The predicted octanol–water partition coefficient (Wildman–Crippen LogP) is 7.61. The van der Waals surface area contributed by atoms with Crippen molar-refractivity contribution in [3.63, 3.8) is 0 Å². The summed E-state index contributed by atoms with van der Waals surface area (Å²) in [5.41, 5.74) is 3.46. The van der Waals surface area contributed by atoms with E-state index in [1.54, 1.807) is 6.07 Å². The Kier molecular flexibility index (Phi) is 6.29. The van der Waals surface area contributed by atoms with Gasteiger partial charge in [-0.15, -0.1) is 0 Å². The molecule has 0 saturated carbocycles. The van der Waals surface area contributed by atoms with Gasteiger partial charge in [0.2, 0.25) is 0 Å². The largest absolute Gasteiger partial charge is 0.337 e. The average Bonchev–Trinajstić information content (AvgIpc) is 2.84. The number of piperidine rings is 1. The molecular weight excluding hydrogens is 475 g/mol. The van der Waals surface area contributed by atoms with Crippen LogP contribution < -0.4 is 0 Å². The van der Waals surface area contributed by atoms with Crippen molar-refractivity contribution in [3.05, 3.63) is 111 Å². The lowest BCUT2D eigenvalue weighted by Crippen LogP contribution is -2.42. The van der Waals surface area contributed by atoms with E-state index in [0.717, 1.165) is 28.5 Å². The molecule has 0 N–H and O–H groups in total. The van der Waals surface area contributed by atoms with Crippen molar-refractivity contribution in [3.8, 4) is 0 Å². The fourth-order valence-corrected chi connectivity index (χ4v) is 5.38. The van der Waals surface area contributed by atoms with E-state index in [1.807, 2.05) is 77.7 Å². The maximum Gasteiger partial charge on any atom is 0.272 e. The van der Waals surface area contributed by atoms with Gasteiger partial charge in [-0.1, -0.05) is 77.3 Å². The summed E-state index contributed by atoms with van der Waals surface area (Å²) in [6.07, 6.45) is 0.786. The molecule has 166 valence electrons. The van der Waals surface area contributed by atoms with Crippen LogP contribution in [0.2, 0.25) is 15.1 Å². The third-order valence-electron chi connectivity index (χ3n) is 6.38. The maximum absolute atomic E-state index is 13.4. The minimum atomic E-state index is -0.0552. The summed E-state index contributed by atoms with van der Waals surface area (Å²) in [4.78, 5) is 19.9. The maximum atomic E-state index is 13.4. The lowest BCUT2D eigenvalue weighted by molar-refractivity contribution is 0.0686. The number of hydrogen-bond donors (Lipinski definition) is 0. The Balaban J connectivity index is 1.48. The van der Waals surface area contributed by atoms with E-state index in [2.05, 4.69) is 4.98 Å². The van der Waals surface area contributed by atoms with Gasteiger partial charge in [0.25, 0.3) is 5.91 Å². The number of rotatable bonds is 3. The molecule has 3 nitrogen and oxygen atoms in total. The first-order valence-electron chi connectivity index (χ1n) is 10.8. The van der Waals surface area contributed by atoms with Crippen LogP contribution in [0.5, 0.6) is 0 Å². The Morgan fingerprint density at radius 1 is 0.848 bits per heavy atom. The Morgan fingerprint density at radius 2 is 1.61 bits per heavy atom. The predicted molar refractivity (Wildman–Crippen MR) is 136 cm³/mol. The van der Waals surface area contributed by atoms with E-state index in [1.165, 1.54) is 0 Å². The molecule has 4 aromatic rings. The molecule has 0 radical (unpaired) electrons. The Hall–Kier alpha value is -2.59. The molecule has 2 unspecified atom stereocenters. The highest BCUT2D eigenvalue weighted by Gasteiger charge is 2.35. The third-order valence-corrected chi connectivity index (χ3v) is 7.19. The van der Waals surface area contributed by atoms with E-state index in [9.17, 15) is 4.79 Å². The highest BCUT2D eigenvalue weighted by Crippen LogP contribution is 2.43. The van der Waals surface area contributed by atoms with Crippen LogP contribution in [-0.2, 0) is 0 Å². The number of likely N-dealkylation sites (tertiary alicyclic amines) is 1. The number of aromatic nitrogens is 1. The SMILES string of the molecule is O=C(c1ccc2ccccc2n1)N1CCC(c2ccc(Cl)cc2Cl)C(c2ccc(Cl)cc2)C1. The van der Waals surface area contributed by atoms with Crippen molar-refractivity contribution in [2.45, 2.75) is 18.3 Å². The van der Waals surface area contributed by atoms with E-state index in [4.69, 9.17) is 34.8 Å². The smallest absolute Gasteiger partial charge is 0.272 e. The van der Waals surface area contributed by atoms with Crippen molar-refractivity contribution >= 4 is 51.6 Å². The molecule has 1 amide bonds. The fraction of sp³-hybridized carbons (Fsp3) is 0.185. The van der Waals surface area contributed by atoms with E-state index >= 15 is 0 Å². The van der Waals surface area contributed by atoms with Gasteiger partial charge in [0, 0.05) is 39.5 Å². The van der Waals surface area contributed by atoms with Crippen LogP contribution in [-0.4, -0.2) is 28.9 Å². The first-order valence-corrected chi connectivity index (χ1v) is 12.0. The van der Waals surface area contributed by atoms with Crippen molar-refractivity contribution in [2.75, 3.05) is 13.1 Å². The van der Waals surface area contributed by atoms with E-state index in [-0.39, 0.29) is 17.7 Å². The second-order valence-electron chi connectivity index (χ2n) is 8.36. The molecule has 1 fully saturated rings. The van der Waals surface area contributed by atoms with Crippen LogP contribution in [0, 0.1) is 0 Å². The molecule has 33 heavy (non-hydrogen) atoms. The number of halogens is 3. The zero-order valence-electron chi connectivity index (χ0n) is 17.7. The minimum Gasteiger partial charge on any atom is -0.337 e. The molecule has 6 heteroatoms. The monoisotopic (exact) mass is 494 g/mol. The molecule has 5 rings (SSSR count). The van der Waals surface area contributed by atoms with E-state index in [0.29, 0.717) is 33.9 Å². The summed E-state index contributed by atoms with van der Waals surface area (Å²) >= 11 is 18.9. The van der Waals surface area contributed by atoms with Crippen molar-refractivity contribution in [1.82, 2.24) is 9.88 Å². The highest BCUT2D eigenvalue weighted by molar-refractivity contribution is 6.35. The number of nitrogens with zero attached hydrogens (tertiary/aromatic N) is 2. The molecule has 1 saturated heterocycles. The summed E-state index contributed by atoms with van der Waals surface area (Å²) in [7, 11) is 0. The van der Waals surface area contributed by atoms with Crippen molar-refractivity contribution in [2.24, 2.45) is 0 Å². The van der Waals surface area contributed by atoms with Crippen molar-refractivity contribution < 1.29 is 4.79 Å². The van der Waals surface area contributed by atoms with Gasteiger partial charge in [0.15, 0.2) is 0 Å². The van der Waals surface area contributed by atoms with Crippen molar-refractivity contribution in [1.29, 1.82) is 0 Å². The molecule has 3 aromatic carbocycles. The normalized spacial score (nSPS) is 18.5. The fourth-order valence-electron chi connectivity index (χ4n) is 4.71. The number of carbonyl (C=O) groups excluding carboxylic acids is 1. The summed E-state index contributed by atoms with van der Waals surface area (Å²) < 4.78 is 0. The second-order valence-corrected chi connectivity index (χ2v) is 9.64. The standard InChI is InChI=1S/C27H21Cl3N2O/c28-19-8-5-17(6-9-19)23-16-32(14-13-21(23)22-11-10-20(29)15-24(22)30)27(33)26-12-7-18-3-1-2-4-25(18)31-26/h1-12,15,21,23H,13-14,16H2. The lowest BCUT2D eigenvalue weighted by atomic mass is 9.76. The molecular formula is C27H21Cl3N2O. The zero-order valence-corrected chi connectivity index (χ0v) is 20.0. The summed E-state index contributed by atoms with van der Waals surface area (Å²) in [5, 5.41) is 2.97. The van der Waals surface area contributed by atoms with Crippen LogP contribution in [0.4, 0.5) is 0 Å². The second kappa shape index (κ2) is 9.34. The topological polar surface area (TPSA) is 33.2 Å². The molecule has 2 heterocycles. The van der Waals surface area contributed by atoms with Crippen LogP contribution in [0.25, 0.3) is 10.9 Å². The number of pyridine rings is 1. The van der Waals surface area contributed by atoms with Crippen LogP contribution in [0.15, 0.2) is 78.9 Å². The lowest BCUT2D eigenvalue weighted by Gasteiger charge is -2.39. The van der Waals surface area contributed by atoms with Gasteiger partial charge >= 0.3 is 0 Å². The Morgan fingerprint density at radius 3 is 2.39 bits per heavy atom. The van der Waals surface area contributed by atoms with Gasteiger partial charge in [-0.3, -0.25) is 4.79 Å². The van der Waals surface area contributed by atoms with Crippen LogP contribution in [0.1, 0.15) is 39.9 Å². The summed E-state index contributed by atoms with van der Waals surface area (Å²) in [6.45, 7) is 1.19. The third kappa shape index (κ3) is 4.59. The first kappa shape index (κ1) is 22.2. The molecule has 0 spiro atoms. The summed E-state index contributed by atoms with van der Waals surface area (Å²) in [6, 6.07) is 25.1. The van der Waals surface area contributed by atoms with Gasteiger partial charge in [-0.05, 0) is 59.9 Å². The molecule has 1 aromatic heterocycles. The van der Waals surface area contributed by atoms with Gasteiger partial charge in [0.05, 0.1) is 5.52 Å². The van der Waals surface area contributed by atoms with Gasteiger partial charge in [0.1, 0.15) is 5.69 Å². The molecule has 0 bridgehead atoms. The number of hydrogen-bond acceptors (Lipinski definition) is 2. The van der Waals surface area contributed by atoms with Gasteiger partial charge in [-0.25, -0.2) is 4.98 Å². The Bertz CT molecular complexity index is 1320. The number of fused-ring (bicyclic) bond motifs is 1. The van der Waals surface area contributed by atoms with Crippen LogP contribution in [0.3, 0.4) is 0 Å². The number of amides is 1. The number of carbonyl (C=O) groups is 1. The van der Waals surface area contributed by atoms with E-state index < -0.39 is 0 Å². The van der Waals surface area contributed by atoms with Gasteiger partial charge in [-0.2, -0.15) is 0 Å². The molecule has 0 aliphatic carbocycles. The summed E-state index contributed by atoms with van der Waals surface area (Å²) in [5.74, 6) is 0.170. The number of para-hydroxylation sites is 1. The average molecular weight is 496 g/mol. The quantitative estimate of drug-likeness (QED) is 0.293. The minimum absolute atomic E-state index is 0.0552. The molecule has 1 aliphatic rings. The molecule has 2 atom stereocenters. The molecule has 1 aliphatic heterocycles. The Labute approximate surface area is 207 Å². The first-order chi connectivity index (χ1) is 16.0. The zero-order chi connectivity index (χ0) is 22.9. The van der Waals surface area contributed by atoms with Crippen LogP contribution >= 0.6 is 34.8 Å². The highest BCUT2D eigenvalue weighted by atomic mass is 35.5. The van der Waals surface area contributed by atoms with Gasteiger partial charge < -0.3 is 4.90 Å².